The van der Waals surface area contributed by atoms with E-state index in [1.807, 2.05) is 18.2 Å². The number of halogens is 1. The van der Waals surface area contributed by atoms with Crippen LogP contribution in [-0.2, 0) is 21.4 Å². The molecule has 0 radical (unpaired) electrons. The van der Waals surface area contributed by atoms with Crippen LogP contribution in [0.2, 0.25) is 0 Å². The molecule has 0 spiro atoms. The van der Waals surface area contributed by atoms with Crippen LogP contribution in [0.25, 0.3) is 0 Å². The Morgan fingerprint density at radius 1 is 1.16 bits per heavy atom. The van der Waals surface area contributed by atoms with Gasteiger partial charge in [0.1, 0.15) is 5.75 Å². The smallest absolute Gasteiger partial charge is 0.243 e. The summed E-state index contributed by atoms with van der Waals surface area (Å²) in [7, 11) is -0.790. The highest BCUT2D eigenvalue weighted by Gasteiger charge is 2.22. The van der Waals surface area contributed by atoms with Crippen molar-refractivity contribution >= 4 is 31.9 Å². The summed E-state index contributed by atoms with van der Waals surface area (Å²) in [6, 6.07) is 13.6. The molecule has 6 nitrogen and oxygen atoms in total. The predicted molar refractivity (Wildman–Crippen MR) is 98.8 cm³/mol. The van der Waals surface area contributed by atoms with Crippen LogP contribution in [0.1, 0.15) is 5.56 Å². The zero-order chi connectivity index (χ0) is 18.4. The summed E-state index contributed by atoms with van der Waals surface area (Å²) in [6.07, 6.45) is 0. The van der Waals surface area contributed by atoms with Gasteiger partial charge in [0.2, 0.25) is 15.9 Å². The first-order valence-electron chi connectivity index (χ1n) is 7.45. The number of methoxy groups -OCH3 is 1. The standard InChI is InChI=1S/C17H19BrN2O4S/c1-20(25(22,23)15-9-7-14(18)8-10-15)12-17(21)19-11-13-5-3-4-6-16(13)24-2/h3-10H,11-12H2,1-2H3,(H,19,21). The van der Waals surface area contributed by atoms with Crippen LogP contribution >= 0.6 is 15.9 Å². The predicted octanol–water partition coefficient (Wildman–Crippen LogP) is 2.39. The topological polar surface area (TPSA) is 75.7 Å². The first-order chi connectivity index (χ1) is 11.8. The normalized spacial score (nSPS) is 11.4. The molecule has 0 aromatic heterocycles. The third-order valence-electron chi connectivity index (χ3n) is 3.56. The Hall–Kier alpha value is -1.90. The zero-order valence-electron chi connectivity index (χ0n) is 13.9. The molecule has 0 saturated carbocycles. The van der Waals surface area contributed by atoms with Crippen molar-refractivity contribution in [3.63, 3.8) is 0 Å². The third kappa shape index (κ3) is 5.04. The second-order valence-corrected chi connectivity index (χ2v) is 8.26. The van der Waals surface area contributed by atoms with E-state index in [1.165, 1.54) is 19.2 Å². The lowest BCUT2D eigenvalue weighted by atomic mass is 10.2. The van der Waals surface area contributed by atoms with Crippen LogP contribution in [-0.4, -0.2) is 39.3 Å². The molecule has 0 saturated heterocycles. The number of amides is 1. The van der Waals surface area contributed by atoms with E-state index >= 15 is 0 Å². The second-order valence-electron chi connectivity index (χ2n) is 5.30. The summed E-state index contributed by atoms with van der Waals surface area (Å²) in [5, 5.41) is 2.70. The van der Waals surface area contributed by atoms with Gasteiger partial charge in [-0.05, 0) is 30.3 Å². The average molecular weight is 427 g/mol. The van der Waals surface area contributed by atoms with Gasteiger partial charge in [0.15, 0.2) is 0 Å². The molecule has 0 aliphatic carbocycles. The molecule has 0 aliphatic rings. The van der Waals surface area contributed by atoms with Crippen molar-refractivity contribution in [1.82, 2.24) is 9.62 Å². The Kier molecular flexibility index (Phi) is 6.57. The highest BCUT2D eigenvalue weighted by molar-refractivity contribution is 9.10. The van der Waals surface area contributed by atoms with Crippen molar-refractivity contribution in [3.05, 3.63) is 58.6 Å². The van der Waals surface area contributed by atoms with Crippen LogP contribution in [0.4, 0.5) is 0 Å². The number of hydrogen-bond donors (Lipinski definition) is 1. The molecule has 0 unspecified atom stereocenters. The van der Waals surface area contributed by atoms with E-state index in [-0.39, 0.29) is 18.0 Å². The number of nitrogens with one attached hydrogen (secondary N) is 1. The number of nitrogens with zero attached hydrogens (tertiary/aromatic N) is 1. The van der Waals surface area contributed by atoms with Crippen LogP contribution in [0.3, 0.4) is 0 Å². The molecule has 2 aromatic rings. The SMILES string of the molecule is COc1ccccc1CNC(=O)CN(C)S(=O)(=O)c1ccc(Br)cc1. The Balaban J connectivity index is 1.98. The van der Waals surface area contributed by atoms with Crippen LogP contribution in [0.15, 0.2) is 57.9 Å². The summed E-state index contributed by atoms with van der Waals surface area (Å²) < 4.78 is 32.0. The Morgan fingerprint density at radius 2 is 1.80 bits per heavy atom. The molecule has 134 valence electrons. The van der Waals surface area contributed by atoms with E-state index in [9.17, 15) is 13.2 Å². The molecular formula is C17H19BrN2O4S. The molecule has 0 atom stereocenters. The van der Waals surface area contributed by atoms with Gasteiger partial charge in [-0.2, -0.15) is 4.31 Å². The van der Waals surface area contributed by atoms with E-state index in [0.29, 0.717) is 5.75 Å². The lowest BCUT2D eigenvalue weighted by molar-refractivity contribution is -0.121. The van der Waals surface area contributed by atoms with Gasteiger partial charge in [-0.3, -0.25) is 4.79 Å². The van der Waals surface area contributed by atoms with Gasteiger partial charge in [0.05, 0.1) is 18.6 Å². The summed E-state index contributed by atoms with van der Waals surface area (Å²) in [4.78, 5) is 12.2. The lowest BCUT2D eigenvalue weighted by Gasteiger charge is -2.17. The Labute approximate surface area is 156 Å². The Morgan fingerprint density at radius 3 is 2.44 bits per heavy atom. The first-order valence-corrected chi connectivity index (χ1v) is 9.68. The van der Waals surface area contributed by atoms with Gasteiger partial charge in [0.25, 0.3) is 0 Å². The summed E-state index contributed by atoms with van der Waals surface area (Å²) >= 11 is 3.26. The molecule has 25 heavy (non-hydrogen) atoms. The largest absolute Gasteiger partial charge is 0.496 e. The van der Waals surface area contributed by atoms with Gasteiger partial charge in [-0.1, -0.05) is 34.1 Å². The molecule has 0 heterocycles. The van der Waals surface area contributed by atoms with Crippen molar-refractivity contribution in [1.29, 1.82) is 0 Å². The number of sulfonamides is 1. The minimum absolute atomic E-state index is 0.135. The monoisotopic (exact) mass is 426 g/mol. The summed E-state index contributed by atoms with van der Waals surface area (Å²) in [5.41, 5.74) is 0.816. The number of likely N-dealkylation sites (N-methyl/N-ethyl adjacent to an activating group) is 1. The van der Waals surface area contributed by atoms with Crippen LogP contribution in [0.5, 0.6) is 5.75 Å². The lowest BCUT2D eigenvalue weighted by Crippen LogP contribution is -2.38. The average Bonchev–Trinajstić information content (AvgIpc) is 2.60. The molecule has 0 aliphatic heterocycles. The highest BCUT2D eigenvalue weighted by Crippen LogP contribution is 2.18. The fourth-order valence-corrected chi connectivity index (χ4v) is 3.56. The Bertz CT molecular complexity index is 838. The van der Waals surface area contributed by atoms with Gasteiger partial charge in [-0.15, -0.1) is 0 Å². The molecule has 0 bridgehead atoms. The maximum Gasteiger partial charge on any atom is 0.243 e. The fraction of sp³-hybridized carbons (Fsp3) is 0.235. The first kappa shape index (κ1) is 19.4. The molecule has 2 rings (SSSR count). The van der Waals surface area contributed by atoms with Gasteiger partial charge >= 0.3 is 0 Å². The molecule has 0 fully saturated rings. The van der Waals surface area contributed by atoms with E-state index in [0.717, 1.165) is 14.3 Å². The van der Waals surface area contributed by atoms with Crippen molar-refractivity contribution in [2.45, 2.75) is 11.4 Å². The molecule has 2 aromatic carbocycles. The fourth-order valence-electron chi connectivity index (χ4n) is 2.17. The number of ether oxygens (including phenoxy) is 1. The number of hydrogen-bond acceptors (Lipinski definition) is 4. The molecule has 1 N–H and O–H groups in total. The van der Waals surface area contributed by atoms with Crippen LogP contribution < -0.4 is 10.1 Å². The van der Waals surface area contributed by atoms with Gasteiger partial charge < -0.3 is 10.1 Å². The van der Waals surface area contributed by atoms with Crippen LogP contribution in [0, 0.1) is 0 Å². The quantitative estimate of drug-likeness (QED) is 0.737. The summed E-state index contributed by atoms with van der Waals surface area (Å²) in [6.45, 7) is -0.0113. The number of carbonyl (C=O) groups is 1. The maximum atomic E-state index is 12.5. The number of rotatable bonds is 7. The maximum absolute atomic E-state index is 12.5. The van der Waals surface area contributed by atoms with E-state index < -0.39 is 15.9 Å². The minimum atomic E-state index is -3.72. The summed E-state index contributed by atoms with van der Waals surface area (Å²) in [5.74, 6) is 0.271. The van der Waals surface area contributed by atoms with E-state index in [2.05, 4.69) is 21.2 Å². The van der Waals surface area contributed by atoms with Crippen molar-refractivity contribution in [3.8, 4) is 5.75 Å². The minimum Gasteiger partial charge on any atom is -0.496 e. The molecule has 1 amide bonds. The highest BCUT2D eigenvalue weighted by atomic mass is 79.9. The molecule has 8 heteroatoms. The zero-order valence-corrected chi connectivity index (χ0v) is 16.3. The van der Waals surface area contributed by atoms with Gasteiger partial charge in [0, 0.05) is 23.6 Å². The van der Waals surface area contributed by atoms with Crippen molar-refractivity contribution in [2.75, 3.05) is 20.7 Å². The number of para-hydroxylation sites is 1. The van der Waals surface area contributed by atoms with Crippen molar-refractivity contribution < 1.29 is 17.9 Å². The third-order valence-corrected chi connectivity index (χ3v) is 5.90. The number of benzene rings is 2. The molecular weight excluding hydrogens is 408 g/mol. The number of carbonyl (C=O) groups excluding carboxylic acids is 1. The van der Waals surface area contributed by atoms with Gasteiger partial charge in [-0.25, -0.2) is 8.42 Å². The second kappa shape index (κ2) is 8.46. The van der Waals surface area contributed by atoms with E-state index in [1.54, 1.807) is 25.3 Å². The van der Waals surface area contributed by atoms with E-state index in [4.69, 9.17) is 4.74 Å². The van der Waals surface area contributed by atoms with Crippen molar-refractivity contribution in [2.24, 2.45) is 0 Å².